The quantitative estimate of drug-likeness (QED) is 0.660. The van der Waals surface area contributed by atoms with Gasteiger partial charge >= 0.3 is 0 Å². The summed E-state index contributed by atoms with van der Waals surface area (Å²) in [6.07, 6.45) is 2.60. The van der Waals surface area contributed by atoms with Crippen molar-refractivity contribution in [3.8, 4) is 0 Å². The van der Waals surface area contributed by atoms with Crippen LogP contribution in [0.4, 0.5) is 0 Å². The molecule has 0 spiro atoms. The Kier molecular flexibility index (Phi) is 1.97. The van der Waals surface area contributed by atoms with Crippen molar-refractivity contribution in [1.82, 2.24) is 9.97 Å². The Morgan fingerprint density at radius 1 is 1.23 bits per heavy atom. The fourth-order valence-electron chi connectivity index (χ4n) is 1.50. The second-order valence-corrected chi connectivity index (χ2v) is 3.19. The van der Waals surface area contributed by atoms with Gasteiger partial charge < -0.3 is 0 Å². The first-order chi connectivity index (χ1) is 6.31. The minimum atomic E-state index is 0.960. The number of hydrogen-bond donors (Lipinski definition) is 0. The van der Waals surface area contributed by atoms with E-state index in [4.69, 9.17) is 0 Å². The van der Waals surface area contributed by atoms with E-state index < -0.39 is 0 Å². The van der Waals surface area contributed by atoms with E-state index in [9.17, 15) is 0 Å². The summed E-state index contributed by atoms with van der Waals surface area (Å²) in [4.78, 5) is 8.48. The summed E-state index contributed by atoms with van der Waals surface area (Å²) in [5.74, 6) is 0. The molecule has 0 aliphatic carbocycles. The van der Waals surface area contributed by atoms with E-state index in [1.165, 1.54) is 10.9 Å². The van der Waals surface area contributed by atoms with Crippen LogP contribution in [0.2, 0.25) is 0 Å². The molecule has 0 amide bonds. The summed E-state index contributed by atoms with van der Waals surface area (Å²) in [6, 6.07) is 6.30. The van der Waals surface area contributed by atoms with Crippen LogP contribution in [-0.4, -0.2) is 9.97 Å². The van der Waals surface area contributed by atoms with E-state index >= 15 is 0 Å². The second-order valence-electron chi connectivity index (χ2n) is 3.19. The van der Waals surface area contributed by atoms with Crippen molar-refractivity contribution in [2.45, 2.75) is 20.3 Å². The van der Waals surface area contributed by atoms with E-state index in [1.54, 1.807) is 6.33 Å². The van der Waals surface area contributed by atoms with Crippen LogP contribution >= 0.6 is 0 Å². The Labute approximate surface area is 77.6 Å². The number of rotatable bonds is 1. The molecule has 2 rings (SSSR count). The molecule has 0 bridgehead atoms. The summed E-state index contributed by atoms with van der Waals surface area (Å²) < 4.78 is 0. The van der Waals surface area contributed by atoms with E-state index in [2.05, 4.69) is 42.0 Å². The topological polar surface area (TPSA) is 25.8 Å². The van der Waals surface area contributed by atoms with Crippen molar-refractivity contribution in [3.63, 3.8) is 0 Å². The number of aromatic nitrogens is 2. The van der Waals surface area contributed by atoms with Gasteiger partial charge in [0, 0.05) is 5.39 Å². The Bertz CT molecular complexity index is 435. The van der Waals surface area contributed by atoms with E-state index in [1.807, 2.05) is 0 Å². The molecule has 0 fully saturated rings. The van der Waals surface area contributed by atoms with Gasteiger partial charge in [-0.1, -0.05) is 19.1 Å². The molecule has 0 atom stereocenters. The highest BCUT2D eigenvalue weighted by molar-refractivity contribution is 5.81. The van der Waals surface area contributed by atoms with Gasteiger partial charge in [0.25, 0.3) is 0 Å². The van der Waals surface area contributed by atoms with E-state index in [-0.39, 0.29) is 0 Å². The third-order valence-corrected chi connectivity index (χ3v) is 2.21. The van der Waals surface area contributed by atoms with Crippen LogP contribution in [0.5, 0.6) is 0 Å². The molecule has 2 heteroatoms. The van der Waals surface area contributed by atoms with Gasteiger partial charge in [-0.3, -0.25) is 0 Å². The maximum Gasteiger partial charge on any atom is 0.116 e. The first-order valence-corrected chi connectivity index (χ1v) is 4.51. The first kappa shape index (κ1) is 8.17. The lowest BCUT2D eigenvalue weighted by atomic mass is 10.1. The molecular weight excluding hydrogens is 160 g/mol. The molecule has 13 heavy (non-hydrogen) atoms. The summed E-state index contributed by atoms with van der Waals surface area (Å²) in [5, 5.41) is 1.18. The molecular formula is C11H12N2. The zero-order valence-corrected chi connectivity index (χ0v) is 7.91. The minimum Gasteiger partial charge on any atom is -0.241 e. The molecule has 1 aromatic carbocycles. The number of hydrogen-bond acceptors (Lipinski definition) is 2. The van der Waals surface area contributed by atoms with Crippen LogP contribution in [0.1, 0.15) is 18.2 Å². The highest BCUT2D eigenvalue weighted by Gasteiger charge is 2.00. The molecule has 0 unspecified atom stereocenters. The fourth-order valence-corrected chi connectivity index (χ4v) is 1.50. The molecule has 2 aromatic rings. The average molecular weight is 172 g/mol. The maximum absolute atomic E-state index is 4.24. The molecule has 1 heterocycles. The van der Waals surface area contributed by atoms with Crippen molar-refractivity contribution in [3.05, 3.63) is 35.8 Å². The van der Waals surface area contributed by atoms with Crippen LogP contribution in [-0.2, 0) is 6.42 Å². The minimum absolute atomic E-state index is 0.960. The summed E-state index contributed by atoms with van der Waals surface area (Å²) in [6.45, 7) is 4.19. The molecule has 1 aromatic heterocycles. The second kappa shape index (κ2) is 3.13. The lowest BCUT2D eigenvalue weighted by molar-refractivity contribution is 1.03. The van der Waals surface area contributed by atoms with Gasteiger partial charge in [0.05, 0.1) is 11.2 Å². The molecule has 66 valence electrons. The number of benzene rings is 1. The Hall–Kier alpha value is -1.44. The molecule has 2 nitrogen and oxygen atoms in total. The van der Waals surface area contributed by atoms with E-state index in [0.717, 1.165) is 17.6 Å². The molecule has 0 saturated heterocycles. The van der Waals surface area contributed by atoms with Crippen molar-refractivity contribution in [2.24, 2.45) is 0 Å². The monoisotopic (exact) mass is 172 g/mol. The largest absolute Gasteiger partial charge is 0.241 e. The Balaban J connectivity index is 2.77. The SMILES string of the molecule is CCc1ncnc2cc(C)ccc12. The van der Waals surface area contributed by atoms with Crippen molar-refractivity contribution in [2.75, 3.05) is 0 Å². The zero-order chi connectivity index (χ0) is 9.26. The molecule has 0 aliphatic heterocycles. The predicted molar refractivity (Wildman–Crippen MR) is 53.7 cm³/mol. The number of fused-ring (bicyclic) bond motifs is 1. The lowest BCUT2D eigenvalue weighted by Gasteiger charge is -2.02. The average Bonchev–Trinajstić information content (AvgIpc) is 2.16. The summed E-state index contributed by atoms with van der Waals surface area (Å²) in [7, 11) is 0. The third kappa shape index (κ3) is 1.39. The normalized spacial score (nSPS) is 10.6. The number of nitrogens with zero attached hydrogens (tertiary/aromatic N) is 2. The lowest BCUT2D eigenvalue weighted by Crippen LogP contribution is -1.91. The highest BCUT2D eigenvalue weighted by atomic mass is 14.8. The molecule has 0 radical (unpaired) electrons. The van der Waals surface area contributed by atoms with Crippen molar-refractivity contribution in [1.29, 1.82) is 0 Å². The molecule has 0 saturated carbocycles. The van der Waals surface area contributed by atoms with Gasteiger partial charge in [0.2, 0.25) is 0 Å². The summed E-state index contributed by atoms with van der Waals surface area (Å²) in [5.41, 5.74) is 3.42. The van der Waals surface area contributed by atoms with Crippen molar-refractivity contribution < 1.29 is 0 Å². The van der Waals surface area contributed by atoms with Crippen LogP contribution in [0, 0.1) is 6.92 Å². The number of aryl methyl sites for hydroxylation is 2. The van der Waals surface area contributed by atoms with Crippen LogP contribution < -0.4 is 0 Å². The van der Waals surface area contributed by atoms with Gasteiger partial charge in [0.15, 0.2) is 0 Å². The fraction of sp³-hybridized carbons (Fsp3) is 0.273. The zero-order valence-electron chi connectivity index (χ0n) is 7.91. The smallest absolute Gasteiger partial charge is 0.116 e. The predicted octanol–water partition coefficient (Wildman–Crippen LogP) is 2.50. The highest BCUT2D eigenvalue weighted by Crippen LogP contribution is 2.16. The third-order valence-electron chi connectivity index (χ3n) is 2.21. The van der Waals surface area contributed by atoms with Gasteiger partial charge in [0.1, 0.15) is 6.33 Å². The first-order valence-electron chi connectivity index (χ1n) is 4.51. The van der Waals surface area contributed by atoms with Gasteiger partial charge in [-0.05, 0) is 25.0 Å². The molecule has 0 N–H and O–H groups in total. The summed E-state index contributed by atoms with van der Waals surface area (Å²) >= 11 is 0. The van der Waals surface area contributed by atoms with Crippen molar-refractivity contribution >= 4 is 10.9 Å². The van der Waals surface area contributed by atoms with Gasteiger partial charge in [-0.2, -0.15) is 0 Å². The maximum atomic E-state index is 4.24. The van der Waals surface area contributed by atoms with Crippen LogP contribution in [0.3, 0.4) is 0 Å². The standard InChI is InChI=1S/C11H12N2/c1-3-10-9-5-4-8(2)6-11(9)13-7-12-10/h4-7H,3H2,1-2H3. The molecule has 0 aliphatic rings. The Morgan fingerprint density at radius 3 is 2.85 bits per heavy atom. The van der Waals surface area contributed by atoms with Gasteiger partial charge in [-0.25, -0.2) is 9.97 Å². The van der Waals surface area contributed by atoms with Gasteiger partial charge in [-0.15, -0.1) is 0 Å². The van der Waals surface area contributed by atoms with Crippen LogP contribution in [0.15, 0.2) is 24.5 Å². The van der Waals surface area contributed by atoms with Crippen LogP contribution in [0.25, 0.3) is 10.9 Å². The van der Waals surface area contributed by atoms with E-state index in [0.29, 0.717) is 0 Å². The Morgan fingerprint density at radius 2 is 2.08 bits per heavy atom.